The number of para-hydroxylation sites is 1. The number of benzene rings is 1. The minimum atomic E-state index is 0.122. The summed E-state index contributed by atoms with van der Waals surface area (Å²) in [7, 11) is 3.93. The Morgan fingerprint density at radius 1 is 1.14 bits per heavy atom. The molecule has 0 fully saturated rings. The van der Waals surface area contributed by atoms with Crippen LogP contribution < -0.4 is 0 Å². The number of ketones is 1. The van der Waals surface area contributed by atoms with Gasteiger partial charge in [-0.25, -0.2) is 9.97 Å². The molecule has 0 aliphatic heterocycles. The molecule has 0 aliphatic carbocycles. The Kier molecular flexibility index (Phi) is 3.62. The number of pyridine rings is 2. The van der Waals surface area contributed by atoms with Crippen LogP contribution >= 0.6 is 0 Å². The van der Waals surface area contributed by atoms with E-state index in [4.69, 9.17) is 0 Å². The lowest BCUT2D eigenvalue weighted by Gasteiger charge is -2.10. The molecule has 1 aromatic carbocycles. The minimum absolute atomic E-state index is 0.122. The first-order valence-corrected chi connectivity index (χ1v) is 6.97. The topological polar surface area (TPSA) is 46.1 Å². The molecule has 2 heterocycles. The van der Waals surface area contributed by atoms with Crippen molar-refractivity contribution >= 4 is 27.7 Å². The van der Waals surface area contributed by atoms with Gasteiger partial charge in [0.05, 0.1) is 5.52 Å². The second-order valence-corrected chi connectivity index (χ2v) is 5.39. The molecule has 0 aliphatic rings. The van der Waals surface area contributed by atoms with E-state index < -0.39 is 0 Å². The molecule has 21 heavy (non-hydrogen) atoms. The second kappa shape index (κ2) is 5.58. The molecule has 0 amide bonds. The first kappa shape index (κ1) is 13.6. The normalized spacial score (nSPS) is 11.4. The number of fused-ring (bicyclic) bond motifs is 2. The summed E-state index contributed by atoms with van der Waals surface area (Å²) in [5.74, 6) is 0.122. The molecular formula is C17H17N3O. The minimum Gasteiger partial charge on any atom is -0.309 e. The Morgan fingerprint density at radius 2 is 1.95 bits per heavy atom. The van der Waals surface area contributed by atoms with Gasteiger partial charge in [-0.2, -0.15) is 0 Å². The molecule has 0 radical (unpaired) electrons. The smallest absolute Gasteiger partial charge is 0.166 e. The SMILES string of the molecule is CN(C)CCC(=O)c1cccc2cc3cccnc3nc12. The molecule has 4 heteroatoms. The monoisotopic (exact) mass is 279 g/mol. The van der Waals surface area contributed by atoms with Crippen LogP contribution in [0.3, 0.4) is 0 Å². The highest BCUT2D eigenvalue weighted by Gasteiger charge is 2.12. The zero-order valence-corrected chi connectivity index (χ0v) is 12.2. The molecule has 0 N–H and O–H groups in total. The maximum absolute atomic E-state index is 12.4. The number of hydrogen-bond donors (Lipinski definition) is 0. The molecule has 0 atom stereocenters. The Balaban J connectivity index is 2.10. The van der Waals surface area contributed by atoms with Crippen molar-refractivity contribution in [3.05, 3.63) is 48.2 Å². The maximum atomic E-state index is 12.4. The van der Waals surface area contributed by atoms with Crippen LogP contribution in [0.4, 0.5) is 0 Å². The van der Waals surface area contributed by atoms with E-state index >= 15 is 0 Å². The second-order valence-electron chi connectivity index (χ2n) is 5.39. The van der Waals surface area contributed by atoms with Gasteiger partial charge in [0.1, 0.15) is 0 Å². The zero-order chi connectivity index (χ0) is 14.8. The van der Waals surface area contributed by atoms with Crippen LogP contribution in [0.1, 0.15) is 16.8 Å². The van der Waals surface area contributed by atoms with E-state index in [9.17, 15) is 4.79 Å². The van der Waals surface area contributed by atoms with Crippen molar-refractivity contribution < 1.29 is 4.79 Å². The number of rotatable bonds is 4. The third-order valence-corrected chi connectivity index (χ3v) is 3.50. The fourth-order valence-electron chi connectivity index (χ4n) is 2.38. The van der Waals surface area contributed by atoms with Crippen LogP contribution in [0.15, 0.2) is 42.6 Å². The van der Waals surface area contributed by atoms with Crippen LogP contribution in [-0.4, -0.2) is 41.3 Å². The lowest BCUT2D eigenvalue weighted by Crippen LogP contribution is -2.17. The Morgan fingerprint density at radius 3 is 2.76 bits per heavy atom. The van der Waals surface area contributed by atoms with Gasteiger partial charge in [-0.15, -0.1) is 0 Å². The van der Waals surface area contributed by atoms with Crippen molar-refractivity contribution in [3.8, 4) is 0 Å². The van der Waals surface area contributed by atoms with Gasteiger partial charge in [-0.3, -0.25) is 4.79 Å². The molecule has 106 valence electrons. The first-order chi connectivity index (χ1) is 10.1. The molecule has 0 spiro atoms. The van der Waals surface area contributed by atoms with Gasteiger partial charge < -0.3 is 4.90 Å². The van der Waals surface area contributed by atoms with E-state index in [-0.39, 0.29) is 5.78 Å². The molecular weight excluding hydrogens is 262 g/mol. The molecule has 2 aromatic heterocycles. The van der Waals surface area contributed by atoms with Gasteiger partial charge in [0.15, 0.2) is 11.4 Å². The van der Waals surface area contributed by atoms with Crippen molar-refractivity contribution in [2.45, 2.75) is 6.42 Å². The van der Waals surface area contributed by atoms with Crippen molar-refractivity contribution in [1.29, 1.82) is 0 Å². The summed E-state index contributed by atoms with van der Waals surface area (Å²) in [5.41, 5.74) is 2.10. The van der Waals surface area contributed by atoms with E-state index in [1.807, 2.05) is 55.4 Å². The van der Waals surface area contributed by atoms with Crippen molar-refractivity contribution in [3.63, 3.8) is 0 Å². The van der Waals surface area contributed by atoms with E-state index in [0.717, 1.165) is 22.8 Å². The number of Topliss-reactive ketones (excluding diaryl/α,β-unsaturated/α-hetero) is 1. The first-order valence-electron chi connectivity index (χ1n) is 6.97. The quantitative estimate of drug-likeness (QED) is 0.544. The van der Waals surface area contributed by atoms with Crippen molar-refractivity contribution in [2.24, 2.45) is 0 Å². The highest BCUT2D eigenvalue weighted by Crippen LogP contribution is 2.22. The van der Waals surface area contributed by atoms with Gasteiger partial charge in [0, 0.05) is 35.5 Å². The lowest BCUT2D eigenvalue weighted by molar-refractivity contribution is 0.0974. The average Bonchev–Trinajstić information content (AvgIpc) is 2.50. The largest absolute Gasteiger partial charge is 0.309 e. The van der Waals surface area contributed by atoms with Crippen LogP contribution in [0.25, 0.3) is 21.9 Å². The van der Waals surface area contributed by atoms with Gasteiger partial charge in [-0.1, -0.05) is 12.1 Å². The Labute approximate surface area is 123 Å². The predicted molar refractivity (Wildman–Crippen MR) is 84.5 cm³/mol. The molecule has 0 bridgehead atoms. The van der Waals surface area contributed by atoms with Crippen LogP contribution in [0.5, 0.6) is 0 Å². The number of carbonyl (C=O) groups excluding carboxylic acids is 1. The number of carbonyl (C=O) groups is 1. The van der Waals surface area contributed by atoms with E-state index in [0.29, 0.717) is 17.6 Å². The molecule has 0 unspecified atom stereocenters. The summed E-state index contributed by atoms with van der Waals surface area (Å²) in [6.07, 6.45) is 2.21. The molecule has 3 rings (SSSR count). The summed E-state index contributed by atoms with van der Waals surface area (Å²) in [6.45, 7) is 0.737. The highest BCUT2D eigenvalue weighted by molar-refractivity contribution is 6.08. The molecule has 4 nitrogen and oxygen atoms in total. The number of aromatic nitrogens is 2. The third kappa shape index (κ3) is 2.76. The fourth-order valence-corrected chi connectivity index (χ4v) is 2.38. The van der Waals surface area contributed by atoms with Crippen LogP contribution in [0.2, 0.25) is 0 Å². The molecule has 3 aromatic rings. The van der Waals surface area contributed by atoms with E-state index in [1.165, 1.54) is 0 Å². The summed E-state index contributed by atoms with van der Waals surface area (Å²) in [6, 6.07) is 11.7. The summed E-state index contributed by atoms with van der Waals surface area (Å²) >= 11 is 0. The zero-order valence-electron chi connectivity index (χ0n) is 12.2. The number of hydrogen-bond acceptors (Lipinski definition) is 4. The van der Waals surface area contributed by atoms with Gasteiger partial charge in [0.2, 0.25) is 0 Å². The Bertz CT molecular complexity index is 811. The average molecular weight is 279 g/mol. The summed E-state index contributed by atoms with van der Waals surface area (Å²) in [5, 5.41) is 1.97. The summed E-state index contributed by atoms with van der Waals surface area (Å²) in [4.78, 5) is 23.3. The fraction of sp³-hybridized carbons (Fsp3) is 0.235. The summed E-state index contributed by atoms with van der Waals surface area (Å²) < 4.78 is 0. The van der Waals surface area contributed by atoms with Gasteiger partial charge in [-0.05, 0) is 38.4 Å². The molecule has 0 saturated carbocycles. The van der Waals surface area contributed by atoms with Crippen LogP contribution in [-0.2, 0) is 0 Å². The third-order valence-electron chi connectivity index (χ3n) is 3.50. The maximum Gasteiger partial charge on any atom is 0.166 e. The van der Waals surface area contributed by atoms with Crippen molar-refractivity contribution in [2.75, 3.05) is 20.6 Å². The van der Waals surface area contributed by atoms with E-state index in [2.05, 4.69) is 9.97 Å². The van der Waals surface area contributed by atoms with Crippen LogP contribution in [0, 0.1) is 0 Å². The predicted octanol–water partition coefficient (Wildman–Crippen LogP) is 2.92. The van der Waals surface area contributed by atoms with Gasteiger partial charge >= 0.3 is 0 Å². The van der Waals surface area contributed by atoms with E-state index in [1.54, 1.807) is 6.20 Å². The van der Waals surface area contributed by atoms with Crippen molar-refractivity contribution in [1.82, 2.24) is 14.9 Å². The highest BCUT2D eigenvalue weighted by atomic mass is 16.1. The Hall–Kier alpha value is -2.33. The lowest BCUT2D eigenvalue weighted by atomic mass is 10.0. The number of nitrogens with zero attached hydrogens (tertiary/aromatic N) is 3. The van der Waals surface area contributed by atoms with Gasteiger partial charge in [0.25, 0.3) is 0 Å². The standard InChI is InChI=1S/C17H17N3O/c1-20(2)10-8-15(21)14-7-3-5-12-11-13-6-4-9-18-17(13)19-16(12)14/h3-7,9,11H,8,10H2,1-2H3. The molecule has 0 saturated heterocycles.